The number of rotatable bonds is 1. The first-order valence-electron chi connectivity index (χ1n) is 2.75. The minimum Gasteiger partial charge on any atom is -0.298 e. The second-order valence-electron chi connectivity index (χ2n) is 1.91. The fraction of sp³-hybridized carbons (Fsp3) is 0. The minimum absolute atomic E-state index is 0.774. The summed E-state index contributed by atoms with van der Waals surface area (Å²) in [6.07, 6.45) is 0.889. The molecule has 0 spiro atoms. The van der Waals surface area contributed by atoms with Gasteiger partial charge in [-0.1, -0.05) is 0 Å². The van der Waals surface area contributed by atoms with Crippen molar-refractivity contribution in [2.75, 3.05) is 0 Å². The normalized spacial score (nSPS) is 9.73. The Morgan fingerprint density at radius 3 is 2.09 bits per heavy atom. The summed E-state index contributed by atoms with van der Waals surface area (Å²) in [4.78, 5) is 10.5. The van der Waals surface area contributed by atoms with Crippen molar-refractivity contribution < 1.29 is 4.79 Å². The summed E-state index contributed by atoms with van der Waals surface area (Å²) in [7, 11) is 0. The van der Waals surface area contributed by atoms with Gasteiger partial charge in [0.15, 0.2) is 6.29 Å². The third-order valence-electron chi connectivity index (χ3n) is 1.17. The van der Waals surface area contributed by atoms with E-state index < -0.39 is 0 Å². The molecule has 0 saturated heterocycles. The number of carbonyl (C=O) groups is 1. The van der Waals surface area contributed by atoms with Crippen LogP contribution in [0.1, 0.15) is 10.4 Å². The summed E-state index contributed by atoms with van der Waals surface area (Å²) < 4.78 is 3.34. The number of benzene rings is 1. The van der Waals surface area contributed by atoms with Gasteiger partial charge in [-0.2, -0.15) is 0 Å². The number of hydrogen-bond donors (Lipinski definition) is 0. The molecule has 11 heavy (non-hydrogen) atoms. The fourth-order valence-corrected chi connectivity index (χ4v) is 2.78. The molecule has 0 aliphatic carbocycles. The molecule has 1 nitrogen and oxygen atoms in total. The summed E-state index contributed by atoms with van der Waals surface area (Å²) in [6, 6.07) is 3.91. The molecule has 58 valence electrons. The van der Waals surface area contributed by atoms with Crippen LogP contribution in [0.2, 0.25) is 0 Å². The van der Waals surface area contributed by atoms with Crippen molar-refractivity contribution in [1.29, 1.82) is 0 Å². The van der Waals surface area contributed by atoms with Gasteiger partial charge in [-0.25, -0.2) is 0 Å². The summed E-state index contributed by atoms with van der Waals surface area (Å²) in [6.45, 7) is 0. The average molecular weight is 484 g/mol. The summed E-state index contributed by atoms with van der Waals surface area (Å²) in [5, 5.41) is 0. The number of hydrogen-bond acceptors (Lipinski definition) is 1. The Kier molecular flexibility index (Phi) is 4.02. The van der Waals surface area contributed by atoms with Crippen LogP contribution < -0.4 is 0 Å². The summed E-state index contributed by atoms with van der Waals surface area (Å²) in [5.41, 5.74) is 0.774. The maximum absolute atomic E-state index is 10.5. The third-order valence-corrected chi connectivity index (χ3v) is 4.92. The lowest BCUT2D eigenvalue weighted by atomic mass is 10.2. The highest BCUT2D eigenvalue weighted by Crippen LogP contribution is 2.20. The van der Waals surface area contributed by atoms with Crippen LogP contribution in [0.15, 0.2) is 12.1 Å². The molecule has 0 fully saturated rings. The molecule has 1 aromatic carbocycles. The van der Waals surface area contributed by atoms with Gasteiger partial charge in [-0.05, 0) is 79.9 Å². The molecule has 0 radical (unpaired) electrons. The van der Waals surface area contributed by atoms with Crippen molar-refractivity contribution >= 4 is 74.1 Å². The zero-order valence-corrected chi connectivity index (χ0v) is 11.7. The Labute approximate surface area is 106 Å². The number of aldehydes is 1. The SMILES string of the molecule is O=Cc1cc(I)c(I)cc1I. The van der Waals surface area contributed by atoms with Gasteiger partial charge in [0.25, 0.3) is 0 Å². The quantitative estimate of drug-likeness (QED) is 0.340. The van der Waals surface area contributed by atoms with Crippen molar-refractivity contribution in [3.63, 3.8) is 0 Å². The van der Waals surface area contributed by atoms with E-state index >= 15 is 0 Å². The molecule has 0 aromatic heterocycles. The molecular weight excluding hydrogens is 481 g/mol. The van der Waals surface area contributed by atoms with E-state index in [1.807, 2.05) is 12.1 Å². The highest BCUT2D eigenvalue weighted by Gasteiger charge is 2.02. The lowest BCUT2D eigenvalue weighted by Crippen LogP contribution is -1.89. The van der Waals surface area contributed by atoms with Gasteiger partial charge in [0.2, 0.25) is 0 Å². The average Bonchev–Trinajstić information content (AvgIpc) is 1.97. The van der Waals surface area contributed by atoms with Crippen LogP contribution >= 0.6 is 67.8 Å². The lowest BCUT2D eigenvalue weighted by Gasteiger charge is -1.99. The Hall–Kier alpha value is 1.08. The molecule has 1 rings (SSSR count). The fourth-order valence-electron chi connectivity index (χ4n) is 0.628. The van der Waals surface area contributed by atoms with Gasteiger partial charge in [0.1, 0.15) is 0 Å². The first-order valence-corrected chi connectivity index (χ1v) is 5.98. The maximum Gasteiger partial charge on any atom is 0.151 e. The van der Waals surface area contributed by atoms with Crippen LogP contribution in [0.25, 0.3) is 0 Å². The van der Waals surface area contributed by atoms with E-state index in [0.717, 1.165) is 19.0 Å². The van der Waals surface area contributed by atoms with Crippen molar-refractivity contribution in [3.8, 4) is 0 Å². The zero-order valence-electron chi connectivity index (χ0n) is 5.27. The van der Waals surface area contributed by atoms with Crippen LogP contribution in [0.3, 0.4) is 0 Å². The van der Waals surface area contributed by atoms with Crippen molar-refractivity contribution in [3.05, 3.63) is 28.4 Å². The smallest absolute Gasteiger partial charge is 0.151 e. The molecule has 1 aromatic rings. The maximum atomic E-state index is 10.5. The summed E-state index contributed by atoms with van der Waals surface area (Å²) >= 11 is 6.64. The molecule has 0 N–H and O–H groups in total. The van der Waals surface area contributed by atoms with E-state index in [0.29, 0.717) is 0 Å². The molecular formula is C7H3I3O. The predicted molar refractivity (Wildman–Crippen MR) is 70.0 cm³/mol. The molecule has 0 atom stereocenters. The molecule has 0 heterocycles. The summed E-state index contributed by atoms with van der Waals surface area (Å²) in [5.74, 6) is 0. The largest absolute Gasteiger partial charge is 0.298 e. The molecule has 0 bridgehead atoms. The van der Waals surface area contributed by atoms with Gasteiger partial charge >= 0.3 is 0 Å². The van der Waals surface area contributed by atoms with Crippen LogP contribution in [-0.4, -0.2) is 6.29 Å². The van der Waals surface area contributed by atoms with Crippen LogP contribution in [0.4, 0.5) is 0 Å². The second-order valence-corrected chi connectivity index (χ2v) is 5.39. The lowest BCUT2D eigenvalue weighted by molar-refractivity contribution is 0.112. The first kappa shape index (κ1) is 10.2. The highest BCUT2D eigenvalue weighted by molar-refractivity contribution is 14.1. The minimum atomic E-state index is 0.774. The molecule has 0 amide bonds. The van der Waals surface area contributed by atoms with Gasteiger partial charge in [0, 0.05) is 16.3 Å². The molecule has 0 saturated carbocycles. The molecule has 4 heteroatoms. The Morgan fingerprint density at radius 1 is 1.00 bits per heavy atom. The molecule has 0 aliphatic rings. The van der Waals surface area contributed by atoms with E-state index in [1.54, 1.807) is 0 Å². The van der Waals surface area contributed by atoms with Crippen molar-refractivity contribution in [1.82, 2.24) is 0 Å². The van der Waals surface area contributed by atoms with E-state index in [2.05, 4.69) is 67.8 Å². The van der Waals surface area contributed by atoms with Gasteiger partial charge < -0.3 is 0 Å². The van der Waals surface area contributed by atoms with Crippen molar-refractivity contribution in [2.45, 2.75) is 0 Å². The van der Waals surface area contributed by atoms with Gasteiger partial charge in [-0.15, -0.1) is 0 Å². The van der Waals surface area contributed by atoms with Crippen LogP contribution in [0, 0.1) is 10.7 Å². The van der Waals surface area contributed by atoms with Crippen molar-refractivity contribution in [2.24, 2.45) is 0 Å². The highest BCUT2D eigenvalue weighted by atomic mass is 127. The van der Waals surface area contributed by atoms with Crippen LogP contribution in [0.5, 0.6) is 0 Å². The Balaban J connectivity index is 3.31. The van der Waals surface area contributed by atoms with Gasteiger partial charge in [0.05, 0.1) is 0 Å². The zero-order chi connectivity index (χ0) is 8.43. The third kappa shape index (κ3) is 2.51. The predicted octanol–water partition coefficient (Wildman–Crippen LogP) is 3.31. The van der Waals surface area contributed by atoms with Gasteiger partial charge in [-0.3, -0.25) is 4.79 Å². The number of halogens is 3. The molecule has 0 aliphatic heterocycles. The van der Waals surface area contributed by atoms with E-state index in [4.69, 9.17) is 0 Å². The van der Waals surface area contributed by atoms with E-state index in [1.165, 1.54) is 3.57 Å². The van der Waals surface area contributed by atoms with E-state index in [-0.39, 0.29) is 0 Å². The number of carbonyl (C=O) groups excluding carboxylic acids is 1. The standard InChI is InChI=1S/C7H3I3O/c8-5-2-7(10)6(9)1-4(5)3-11/h1-3H. The van der Waals surface area contributed by atoms with E-state index in [9.17, 15) is 4.79 Å². The molecule has 0 unspecified atom stereocenters. The second kappa shape index (κ2) is 4.35. The Bertz CT molecular complexity index is 296. The first-order chi connectivity index (χ1) is 5.15. The Morgan fingerprint density at radius 2 is 1.55 bits per heavy atom. The van der Waals surface area contributed by atoms with Crippen LogP contribution in [-0.2, 0) is 0 Å². The topological polar surface area (TPSA) is 17.1 Å². The monoisotopic (exact) mass is 484 g/mol.